The molecule has 0 radical (unpaired) electrons. The first-order chi connectivity index (χ1) is 17.8. The molecule has 0 aliphatic heterocycles. The summed E-state index contributed by atoms with van der Waals surface area (Å²) in [5.41, 5.74) is 1.00. The molecule has 2 aromatic carbocycles. The third kappa shape index (κ3) is 5.53. The molecular weight excluding hydrogens is 508 g/mol. The topological polar surface area (TPSA) is 164 Å². The van der Waals surface area contributed by atoms with Gasteiger partial charge in [-0.3, -0.25) is 4.72 Å². The highest BCUT2D eigenvalue weighted by molar-refractivity contribution is 7.92. The minimum Gasteiger partial charge on any atom is -0.496 e. The molecule has 0 saturated heterocycles. The number of sulfonamides is 1. The number of carbonyl (C=O) groups excluding carboxylic acids is 1. The molecule has 0 bridgehead atoms. The van der Waals surface area contributed by atoms with Gasteiger partial charge in [0.15, 0.2) is 11.4 Å². The molecule has 0 spiro atoms. The number of methoxy groups -OCH3 is 3. The van der Waals surface area contributed by atoms with Gasteiger partial charge in [0.2, 0.25) is 0 Å². The predicted molar refractivity (Wildman–Crippen MR) is 130 cm³/mol. The molecule has 4 aromatic rings. The van der Waals surface area contributed by atoms with Gasteiger partial charge in [-0.25, -0.2) is 13.2 Å². The third-order valence-electron chi connectivity index (χ3n) is 5.22. The SMILES string of the molecule is CCc1ccc(OC)c(S(=O)(=O)Nc2noc3cc(Oc4ncc(CNC(=O)OC)o4)cc(OC)c23)c1. The highest BCUT2D eigenvalue weighted by Gasteiger charge is 2.25. The highest BCUT2D eigenvalue weighted by Crippen LogP contribution is 2.38. The fraction of sp³-hybridized carbons (Fsp3) is 0.261. The Morgan fingerprint density at radius 3 is 2.57 bits per heavy atom. The fourth-order valence-corrected chi connectivity index (χ4v) is 4.61. The molecule has 0 atom stereocenters. The molecule has 2 N–H and O–H groups in total. The molecule has 37 heavy (non-hydrogen) atoms. The standard InChI is InChI=1S/C23H24N4O9S/c1-5-13-6-7-16(31-2)19(8-13)37(29,30)27-21-20-17(32-3)9-14(10-18(20)36-26-21)34-23-25-12-15(35-23)11-24-22(28)33-4/h6-10,12H,5,11H2,1-4H3,(H,24,28)(H,26,27). The number of hydrogen-bond acceptors (Lipinski definition) is 11. The van der Waals surface area contributed by atoms with Crippen molar-refractivity contribution in [2.24, 2.45) is 0 Å². The number of nitrogens with zero attached hydrogens (tertiary/aromatic N) is 2. The van der Waals surface area contributed by atoms with E-state index in [0.29, 0.717) is 12.2 Å². The van der Waals surface area contributed by atoms with Crippen molar-refractivity contribution in [1.82, 2.24) is 15.5 Å². The second-order valence-corrected chi connectivity index (χ2v) is 9.16. The van der Waals surface area contributed by atoms with E-state index < -0.39 is 16.1 Å². The molecule has 2 aromatic heterocycles. The summed E-state index contributed by atoms with van der Waals surface area (Å²) in [5, 5.41) is 6.62. The fourth-order valence-electron chi connectivity index (χ4n) is 3.39. The van der Waals surface area contributed by atoms with Gasteiger partial charge in [-0.1, -0.05) is 18.1 Å². The lowest BCUT2D eigenvalue weighted by Gasteiger charge is -2.12. The molecule has 14 heteroatoms. The second kappa shape index (κ2) is 10.7. The van der Waals surface area contributed by atoms with Crippen molar-refractivity contribution in [3.8, 4) is 23.3 Å². The number of rotatable bonds is 10. The summed E-state index contributed by atoms with van der Waals surface area (Å²) in [7, 11) is -0.0549. The Morgan fingerprint density at radius 1 is 1.08 bits per heavy atom. The Kier molecular flexibility index (Phi) is 7.38. The monoisotopic (exact) mass is 532 g/mol. The highest BCUT2D eigenvalue weighted by atomic mass is 32.2. The van der Waals surface area contributed by atoms with Crippen molar-refractivity contribution in [3.63, 3.8) is 0 Å². The van der Waals surface area contributed by atoms with E-state index in [1.54, 1.807) is 12.1 Å². The van der Waals surface area contributed by atoms with Gasteiger partial charge in [0.25, 0.3) is 10.0 Å². The van der Waals surface area contributed by atoms with Gasteiger partial charge in [-0.15, -0.1) is 0 Å². The Morgan fingerprint density at radius 2 is 1.86 bits per heavy atom. The van der Waals surface area contributed by atoms with E-state index in [9.17, 15) is 13.2 Å². The lowest BCUT2D eigenvalue weighted by Crippen LogP contribution is -2.21. The lowest BCUT2D eigenvalue weighted by molar-refractivity contribution is 0.169. The van der Waals surface area contributed by atoms with Crippen LogP contribution in [0.5, 0.6) is 23.3 Å². The minimum atomic E-state index is -4.09. The Balaban J connectivity index is 1.60. The number of benzene rings is 2. The number of anilines is 1. The van der Waals surface area contributed by atoms with Crippen molar-refractivity contribution < 1.29 is 41.1 Å². The molecule has 2 heterocycles. The van der Waals surface area contributed by atoms with Gasteiger partial charge in [0, 0.05) is 12.1 Å². The summed E-state index contributed by atoms with van der Waals surface area (Å²) in [6, 6.07) is 7.89. The molecule has 1 amide bonds. The van der Waals surface area contributed by atoms with Gasteiger partial charge < -0.3 is 33.2 Å². The van der Waals surface area contributed by atoms with E-state index in [-0.39, 0.29) is 51.6 Å². The first-order valence-electron chi connectivity index (χ1n) is 10.9. The third-order valence-corrected chi connectivity index (χ3v) is 6.58. The molecule has 0 aliphatic rings. The summed E-state index contributed by atoms with van der Waals surface area (Å²) in [6.45, 7) is 1.96. The van der Waals surface area contributed by atoms with Crippen LogP contribution in [0.2, 0.25) is 0 Å². The van der Waals surface area contributed by atoms with Gasteiger partial charge in [0.05, 0.1) is 34.1 Å². The average molecular weight is 533 g/mol. The number of ether oxygens (including phenoxy) is 4. The Hall–Kier alpha value is -4.46. The van der Waals surface area contributed by atoms with E-state index in [1.165, 1.54) is 45.7 Å². The van der Waals surface area contributed by atoms with E-state index >= 15 is 0 Å². The molecular formula is C23H24N4O9S. The molecule has 4 rings (SSSR count). The summed E-state index contributed by atoms with van der Waals surface area (Å²) < 4.78 is 60.5. The number of aromatic nitrogens is 2. The number of carbonyl (C=O) groups is 1. The van der Waals surface area contributed by atoms with Crippen LogP contribution in [0.25, 0.3) is 11.0 Å². The Labute approximate surface area is 211 Å². The summed E-state index contributed by atoms with van der Waals surface area (Å²) in [4.78, 5) is 15.2. The largest absolute Gasteiger partial charge is 0.496 e. The zero-order valence-corrected chi connectivity index (χ0v) is 21.2. The summed E-state index contributed by atoms with van der Waals surface area (Å²) in [6.07, 6.45) is 1.29. The van der Waals surface area contributed by atoms with Crippen LogP contribution in [0.4, 0.5) is 10.6 Å². The number of fused-ring (bicyclic) bond motifs is 1. The maximum atomic E-state index is 13.2. The van der Waals surface area contributed by atoms with Crippen molar-refractivity contribution in [2.45, 2.75) is 24.8 Å². The van der Waals surface area contributed by atoms with Crippen LogP contribution in [-0.2, 0) is 27.7 Å². The number of nitrogens with one attached hydrogen (secondary N) is 2. The molecule has 0 aliphatic carbocycles. The number of aryl methyl sites for hydroxylation is 1. The molecule has 0 saturated carbocycles. The smallest absolute Gasteiger partial charge is 0.407 e. The van der Waals surface area contributed by atoms with Crippen LogP contribution < -0.4 is 24.2 Å². The second-order valence-electron chi connectivity index (χ2n) is 7.51. The van der Waals surface area contributed by atoms with Gasteiger partial charge >= 0.3 is 12.2 Å². The molecule has 0 fully saturated rings. The maximum Gasteiger partial charge on any atom is 0.407 e. The quantitative estimate of drug-likeness (QED) is 0.305. The van der Waals surface area contributed by atoms with Gasteiger partial charge in [-0.05, 0) is 24.1 Å². The van der Waals surface area contributed by atoms with Crippen molar-refractivity contribution in [2.75, 3.05) is 26.1 Å². The molecule has 0 unspecified atom stereocenters. The van der Waals surface area contributed by atoms with Crippen LogP contribution in [-0.4, -0.2) is 46.0 Å². The van der Waals surface area contributed by atoms with Gasteiger partial charge in [-0.2, -0.15) is 4.98 Å². The predicted octanol–water partition coefficient (Wildman–Crippen LogP) is 3.84. The van der Waals surface area contributed by atoms with Crippen molar-refractivity contribution >= 4 is 32.9 Å². The van der Waals surface area contributed by atoms with Crippen LogP contribution >= 0.6 is 0 Å². The molecule has 196 valence electrons. The summed E-state index contributed by atoms with van der Waals surface area (Å²) >= 11 is 0. The average Bonchev–Trinajstić information content (AvgIpc) is 3.52. The van der Waals surface area contributed by atoms with Gasteiger partial charge in [0.1, 0.15) is 33.3 Å². The summed E-state index contributed by atoms with van der Waals surface area (Å²) in [5.74, 6) is 0.885. The number of amides is 1. The number of hydrogen-bond donors (Lipinski definition) is 2. The number of alkyl carbamates (subject to hydrolysis) is 1. The molecule has 13 nitrogen and oxygen atoms in total. The van der Waals surface area contributed by atoms with Crippen LogP contribution in [0.15, 0.2) is 50.4 Å². The minimum absolute atomic E-state index is 0.0363. The van der Waals surface area contributed by atoms with E-state index in [2.05, 4.69) is 24.9 Å². The normalized spacial score (nSPS) is 11.2. The first kappa shape index (κ1) is 25.6. The van der Waals surface area contributed by atoms with E-state index in [0.717, 1.165) is 5.56 Å². The zero-order valence-electron chi connectivity index (χ0n) is 20.4. The maximum absolute atomic E-state index is 13.2. The van der Waals surface area contributed by atoms with Crippen molar-refractivity contribution in [1.29, 1.82) is 0 Å². The van der Waals surface area contributed by atoms with Crippen LogP contribution in [0, 0.1) is 0 Å². The number of oxazole rings is 1. The van der Waals surface area contributed by atoms with E-state index in [1.807, 2.05) is 6.92 Å². The van der Waals surface area contributed by atoms with Crippen molar-refractivity contribution in [3.05, 3.63) is 47.9 Å². The lowest BCUT2D eigenvalue weighted by atomic mass is 10.2. The Bertz CT molecular complexity index is 1530. The van der Waals surface area contributed by atoms with Crippen LogP contribution in [0.3, 0.4) is 0 Å². The van der Waals surface area contributed by atoms with Crippen LogP contribution in [0.1, 0.15) is 18.2 Å². The zero-order chi connectivity index (χ0) is 26.6. The first-order valence-corrected chi connectivity index (χ1v) is 12.4. The van der Waals surface area contributed by atoms with E-state index in [4.69, 9.17) is 23.2 Å².